The maximum absolute atomic E-state index is 12.2. The van der Waals surface area contributed by atoms with E-state index < -0.39 is 0 Å². The largest absolute Gasteiger partial charge is 0.354 e. The number of urea groups is 1. The summed E-state index contributed by atoms with van der Waals surface area (Å²) in [6.45, 7) is 3.61. The number of nitrogens with zero attached hydrogens (tertiary/aromatic N) is 7. The van der Waals surface area contributed by atoms with Gasteiger partial charge in [-0.25, -0.2) is 14.8 Å². The summed E-state index contributed by atoms with van der Waals surface area (Å²) in [6, 6.07) is 0.211. The van der Waals surface area contributed by atoms with E-state index in [1.54, 1.807) is 23.7 Å². The quantitative estimate of drug-likeness (QED) is 0.828. The Morgan fingerprint density at radius 2 is 2.04 bits per heavy atom. The predicted octanol–water partition coefficient (Wildman–Crippen LogP) is 1.25. The Kier molecular flexibility index (Phi) is 4.29. The lowest BCUT2D eigenvalue weighted by molar-refractivity contribution is 0.157. The van der Waals surface area contributed by atoms with Crippen molar-refractivity contribution in [1.82, 2.24) is 29.5 Å². The van der Waals surface area contributed by atoms with Crippen molar-refractivity contribution in [2.45, 2.75) is 25.8 Å². The van der Waals surface area contributed by atoms with Crippen LogP contribution in [0.3, 0.4) is 0 Å². The molecule has 0 saturated carbocycles. The summed E-state index contributed by atoms with van der Waals surface area (Å²) in [7, 11) is 7.33. The summed E-state index contributed by atoms with van der Waals surface area (Å²) in [5.41, 5.74) is 0.845. The van der Waals surface area contributed by atoms with Crippen LogP contribution in [-0.2, 0) is 7.05 Å². The van der Waals surface area contributed by atoms with Crippen LogP contribution in [0.2, 0.25) is 0 Å². The number of rotatable bonds is 2. The van der Waals surface area contributed by atoms with Crippen LogP contribution < -0.4 is 4.90 Å². The van der Waals surface area contributed by atoms with Gasteiger partial charge in [-0.2, -0.15) is 5.10 Å². The monoisotopic (exact) mass is 331 g/mol. The Labute approximate surface area is 142 Å². The maximum atomic E-state index is 12.2. The minimum Gasteiger partial charge on any atom is -0.354 e. The molecule has 1 unspecified atom stereocenters. The third-order valence-electron chi connectivity index (χ3n) is 4.61. The summed E-state index contributed by atoms with van der Waals surface area (Å²) in [4.78, 5) is 27.1. The fourth-order valence-electron chi connectivity index (χ4n) is 3.29. The van der Waals surface area contributed by atoms with Gasteiger partial charge in [0.15, 0.2) is 5.65 Å². The van der Waals surface area contributed by atoms with E-state index in [0.29, 0.717) is 0 Å². The molecule has 24 heavy (non-hydrogen) atoms. The van der Waals surface area contributed by atoms with E-state index in [4.69, 9.17) is 0 Å². The van der Waals surface area contributed by atoms with Crippen LogP contribution >= 0.6 is 0 Å². The Morgan fingerprint density at radius 1 is 1.29 bits per heavy atom. The molecule has 1 fully saturated rings. The van der Waals surface area contributed by atoms with Gasteiger partial charge in [0.25, 0.3) is 0 Å². The van der Waals surface area contributed by atoms with Gasteiger partial charge in [0.05, 0.1) is 17.6 Å². The third-order valence-corrected chi connectivity index (χ3v) is 4.61. The van der Waals surface area contributed by atoms with Gasteiger partial charge in [0.2, 0.25) is 0 Å². The van der Waals surface area contributed by atoms with Crippen molar-refractivity contribution >= 4 is 22.9 Å². The molecule has 0 bridgehead atoms. The number of aromatic nitrogens is 4. The highest BCUT2D eigenvalue weighted by atomic mass is 16.2. The van der Waals surface area contributed by atoms with E-state index in [2.05, 4.69) is 20.0 Å². The Morgan fingerprint density at radius 3 is 2.75 bits per heavy atom. The van der Waals surface area contributed by atoms with Crippen molar-refractivity contribution in [1.29, 1.82) is 0 Å². The van der Waals surface area contributed by atoms with Crippen LogP contribution in [0.25, 0.3) is 11.0 Å². The van der Waals surface area contributed by atoms with Gasteiger partial charge >= 0.3 is 6.03 Å². The van der Waals surface area contributed by atoms with Gasteiger partial charge in [-0.15, -0.1) is 0 Å². The van der Waals surface area contributed by atoms with Crippen molar-refractivity contribution < 1.29 is 4.79 Å². The smallest absolute Gasteiger partial charge is 0.319 e. The van der Waals surface area contributed by atoms with Gasteiger partial charge in [-0.1, -0.05) is 0 Å². The first kappa shape index (κ1) is 16.5. The molecule has 0 spiro atoms. The number of piperidine rings is 1. The third kappa shape index (κ3) is 2.88. The molecule has 8 heteroatoms. The normalized spacial score (nSPS) is 18.0. The molecule has 1 saturated heterocycles. The molecule has 1 aliphatic heterocycles. The zero-order valence-electron chi connectivity index (χ0n) is 15.0. The average Bonchev–Trinajstić information content (AvgIpc) is 2.94. The molecule has 0 N–H and O–H groups in total. The number of hydrogen-bond donors (Lipinski definition) is 0. The lowest BCUT2D eigenvalue weighted by atomic mass is 10.0. The molecule has 130 valence electrons. The Hall–Kier alpha value is -2.38. The first-order valence-corrected chi connectivity index (χ1v) is 8.24. The predicted molar refractivity (Wildman–Crippen MR) is 93.1 cm³/mol. The van der Waals surface area contributed by atoms with Gasteiger partial charge in [-0.05, 0) is 19.8 Å². The van der Waals surface area contributed by atoms with Crippen LogP contribution in [0.5, 0.6) is 0 Å². The van der Waals surface area contributed by atoms with E-state index in [9.17, 15) is 4.79 Å². The van der Waals surface area contributed by atoms with Crippen LogP contribution in [0.15, 0.2) is 6.20 Å². The first-order chi connectivity index (χ1) is 11.4. The van der Waals surface area contributed by atoms with Gasteiger partial charge in [0.1, 0.15) is 11.6 Å². The maximum Gasteiger partial charge on any atom is 0.319 e. The van der Waals surface area contributed by atoms with Crippen LogP contribution in [0, 0.1) is 6.92 Å². The number of likely N-dealkylation sites (N-methyl/N-ethyl adjacent to an activating group) is 1. The van der Waals surface area contributed by atoms with Gasteiger partial charge < -0.3 is 14.7 Å². The SMILES string of the molecule is Cc1nc(N2CCCC(N(C)C(=O)N(C)C)C2)c2cnn(C)c2n1. The molecule has 2 amide bonds. The molecule has 1 atom stereocenters. The zero-order valence-corrected chi connectivity index (χ0v) is 15.0. The molecular formula is C16H25N7O. The number of aryl methyl sites for hydroxylation is 2. The highest BCUT2D eigenvalue weighted by Gasteiger charge is 2.28. The number of anilines is 1. The Balaban J connectivity index is 1.89. The van der Waals surface area contributed by atoms with Crippen LogP contribution in [0.1, 0.15) is 18.7 Å². The van der Waals surface area contributed by atoms with Crippen molar-refractivity contribution in [3.05, 3.63) is 12.0 Å². The Bertz CT molecular complexity index is 754. The molecule has 3 heterocycles. The average molecular weight is 331 g/mol. The fraction of sp³-hybridized carbons (Fsp3) is 0.625. The lowest BCUT2D eigenvalue weighted by Crippen LogP contribution is -2.51. The zero-order chi connectivity index (χ0) is 17.4. The number of carbonyl (C=O) groups is 1. The standard InChI is InChI=1S/C16H25N7O/c1-11-18-14-13(9-17-22(14)5)15(19-11)23-8-6-7-12(10-23)21(4)16(24)20(2)3/h9,12H,6-8,10H2,1-5H3. The second kappa shape index (κ2) is 6.26. The van der Waals surface area contributed by atoms with E-state index in [0.717, 1.165) is 48.6 Å². The van der Waals surface area contributed by atoms with Crippen molar-refractivity contribution in [2.24, 2.45) is 7.05 Å². The van der Waals surface area contributed by atoms with Gasteiger partial charge in [0, 0.05) is 41.3 Å². The highest BCUT2D eigenvalue weighted by molar-refractivity contribution is 5.87. The number of amides is 2. The molecule has 3 rings (SSSR count). The van der Waals surface area contributed by atoms with Crippen molar-refractivity contribution in [3.8, 4) is 0 Å². The van der Waals surface area contributed by atoms with Crippen LogP contribution in [0.4, 0.5) is 10.6 Å². The van der Waals surface area contributed by atoms with Crippen molar-refractivity contribution in [2.75, 3.05) is 39.1 Å². The molecule has 2 aromatic rings. The molecule has 1 aliphatic rings. The van der Waals surface area contributed by atoms with E-state index in [1.165, 1.54) is 0 Å². The van der Waals surface area contributed by atoms with E-state index in [1.807, 2.05) is 32.1 Å². The molecule has 8 nitrogen and oxygen atoms in total. The molecule has 2 aromatic heterocycles. The highest BCUT2D eigenvalue weighted by Crippen LogP contribution is 2.27. The number of carbonyl (C=O) groups excluding carboxylic acids is 1. The second-order valence-corrected chi connectivity index (χ2v) is 6.63. The van der Waals surface area contributed by atoms with Gasteiger partial charge in [-0.3, -0.25) is 4.68 Å². The van der Waals surface area contributed by atoms with E-state index >= 15 is 0 Å². The number of fused-ring (bicyclic) bond motifs is 1. The van der Waals surface area contributed by atoms with Crippen LogP contribution in [-0.4, -0.2) is 75.9 Å². The summed E-state index contributed by atoms with van der Waals surface area (Å²) in [5, 5.41) is 5.28. The summed E-state index contributed by atoms with van der Waals surface area (Å²) in [5.74, 6) is 1.65. The summed E-state index contributed by atoms with van der Waals surface area (Å²) < 4.78 is 1.77. The molecule has 0 aromatic carbocycles. The summed E-state index contributed by atoms with van der Waals surface area (Å²) in [6.07, 6.45) is 3.86. The number of hydrogen-bond acceptors (Lipinski definition) is 5. The van der Waals surface area contributed by atoms with E-state index in [-0.39, 0.29) is 12.1 Å². The fourth-order valence-corrected chi connectivity index (χ4v) is 3.29. The minimum absolute atomic E-state index is 0.0345. The summed E-state index contributed by atoms with van der Waals surface area (Å²) >= 11 is 0. The molecule has 0 radical (unpaired) electrons. The lowest BCUT2D eigenvalue weighted by Gasteiger charge is -2.39. The first-order valence-electron chi connectivity index (χ1n) is 8.24. The topological polar surface area (TPSA) is 70.4 Å². The van der Waals surface area contributed by atoms with Crippen molar-refractivity contribution in [3.63, 3.8) is 0 Å². The molecular weight excluding hydrogens is 306 g/mol. The minimum atomic E-state index is 0.0345. The molecule has 0 aliphatic carbocycles. The second-order valence-electron chi connectivity index (χ2n) is 6.63.